The molecule has 0 radical (unpaired) electrons. The van der Waals surface area contributed by atoms with Gasteiger partial charge in [-0.25, -0.2) is 4.79 Å². The number of carbonyl (C=O) groups is 1. The maximum absolute atomic E-state index is 10.7. The van der Waals surface area contributed by atoms with Crippen molar-refractivity contribution in [2.75, 3.05) is 6.54 Å². The van der Waals surface area contributed by atoms with E-state index in [4.69, 9.17) is 27.2 Å². The van der Waals surface area contributed by atoms with E-state index in [1.807, 2.05) is 42.5 Å². The van der Waals surface area contributed by atoms with Gasteiger partial charge in [-0.05, 0) is 59.6 Å². The standard InChI is InChI=1S/C26H29ClN2O.C2HF3O2/c27-21-14-12-20(13-15-21)26(23-9-5-4-8-22(23)19-10-11-19)29-17-25(30)24(28)16-18-6-2-1-3-7-18;3-2(4,5)1(6)7/h1-9,12-15,19,24-26,29-30H,10-11,16-17,28H2;(H,6,7)/t24-,25-,26?;/m0./s1. The molecule has 1 aliphatic rings. The lowest BCUT2D eigenvalue weighted by Crippen LogP contribution is -2.44. The maximum atomic E-state index is 10.7. The first kappa shape index (κ1) is 28.7. The molecule has 3 aromatic carbocycles. The number of nitrogens with one attached hydrogen (secondary N) is 1. The van der Waals surface area contributed by atoms with E-state index in [2.05, 4.69) is 41.7 Å². The Hall–Kier alpha value is -2.91. The number of aliphatic carboxylic acids is 1. The molecule has 0 aromatic heterocycles. The lowest BCUT2D eigenvalue weighted by atomic mass is 9.92. The number of carboxylic acid groups (broad SMARTS) is 1. The monoisotopic (exact) mass is 534 g/mol. The number of benzene rings is 3. The Morgan fingerprint density at radius 1 is 1.00 bits per heavy atom. The van der Waals surface area contributed by atoms with Crippen LogP contribution in [0.4, 0.5) is 13.2 Å². The fourth-order valence-corrected chi connectivity index (χ4v) is 4.14. The third kappa shape index (κ3) is 8.86. The molecule has 0 aliphatic heterocycles. The lowest BCUT2D eigenvalue weighted by molar-refractivity contribution is -0.192. The Morgan fingerprint density at radius 2 is 1.57 bits per heavy atom. The first-order valence-corrected chi connectivity index (χ1v) is 12.3. The van der Waals surface area contributed by atoms with E-state index in [0.717, 1.165) is 16.1 Å². The van der Waals surface area contributed by atoms with Crippen molar-refractivity contribution in [1.82, 2.24) is 5.32 Å². The zero-order chi connectivity index (χ0) is 27.0. The summed E-state index contributed by atoms with van der Waals surface area (Å²) in [6, 6.07) is 26.3. The van der Waals surface area contributed by atoms with E-state index in [0.29, 0.717) is 18.9 Å². The smallest absolute Gasteiger partial charge is 0.475 e. The third-order valence-electron chi connectivity index (χ3n) is 6.11. The van der Waals surface area contributed by atoms with Crippen LogP contribution in [-0.4, -0.2) is 41.0 Å². The van der Waals surface area contributed by atoms with Crippen LogP contribution in [0.1, 0.15) is 47.1 Å². The Kier molecular flexibility index (Phi) is 10.1. The van der Waals surface area contributed by atoms with E-state index < -0.39 is 18.2 Å². The second-order valence-corrected chi connectivity index (χ2v) is 9.46. The molecule has 5 nitrogen and oxygen atoms in total. The van der Waals surface area contributed by atoms with Crippen molar-refractivity contribution in [3.63, 3.8) is 0 Å². The van der Waals surface area contributed by atoms with Crippen LogP contribution in [0, 0.1) is 0 Å². The summed E-state index contributed by atoms with van der Waals surface area (Å²) in [5.41, 5.74) is 11.3. The number of hydrogen-bond donors (Lipinski definition) is 4. The Morgan fingerprint density at radius 3 is 2.14 bits per heavy atom. The minimum absolute atomic E-state index is 0.0161. The van der Waals surface area contributed by atoms with Gasteiger partial charge in [-0.15, -0.1) is 0 Å². The van der Waals surface area contributed by atoms with Gasteiger partial charge >= 0.3 is 12.1 Å². The van der Waals surface area contributed by atoms with Crippen LogP contribution in [0.25, 0.3) is 0 Å². The summed E-state index contributed by atoms with van der Waals surface area (Å²) < 4.78 is 31.7. The third-order valence-corrected chi connectivity index (χ3v) is 6.36. The van der Waals surface area contributed by atoms with Crippen LogP contribution in [0.5, 0.6) is 0 Å². The molecule has 0 bridgehead atoms. The fourth-order valence-electron chi connectivity index (χ4n) is 4.01. The largest absolute Gasteiger partial charge is 0.490 e. The summed E-state index contributed by atoms with van der Waals surface area (Å²) in [7, 11) is 0. The van der Waals surface area contributed by atoms with Crippen molar-refractivity contribution in [2.24, 2.45) is 5.73 Å². The molecule has 198 valence electrons. The zero-order valence-corrected chi connectivity index (χ0v) is 20.8. The van der Waals surface area contributed by atoms with Gasteiger partial charge in [0.25, 0.3) is 0 Å². The summed E-state index contributed by atoms with van der Waals surface area (Å²) in [5, 5.41) is 22.2. The van der Waals surface area contributed by atoms with E-state index in [1.165, 1.54) is 24.0 Å². The topological polar surface area (TPSA) is 95.6 Å². The Balaban J connectivity index is 0.000000479. The molecule has 0 amide bonds. The van der Waals surface area contributed by atoms with E-state index >= 15 is 0 Å². The molecule has 3 atom stereocenters. The van der Waals surface area contributed by atoms with E-state index in [-0.39, 0.29) is 12.1 Å². The van der Waals surface area contributed by atoms with Crippen LogP contribution < -0.4 is 11.1 Å². The lowest BCUT2D eigenvalue weighted by Gasteiger charge is -2.26. The normalized spacial score (nSPS) is 15.7. The predicted molar refractivity (Wildman–Crippen MR) is 138 cm³/mol. The van der Waals surface area contributed by atoms with E-state index in [9.17, 15) is 18.3 Å². The fraction of sp³-hybridized carbons (Fsp3) is 0.321. The number of hydrogen-bond acceptors (Lipinski definition) is 4. The number of alkyl halides is 3. The molecule has 5 N–H and O–H groups in total. The summed E-state index contributed by atoms with van der Waals surface area (Å²) >= 11 is 6.12. The number of rotatable bonds is 9. The minimum atomic E-state index is -5.08. The highest BCUT2D eigenvalue weighted by molar-refractivity contribution is 6.30. The molecule has 4 rings (SSSR count). The molecule has 1 aliphatic carbocycles. The summed E-state index contributed by atoms with van der Waals surface area (Å²) in [6.45, 7) is 0.417. The van der Waals surface area contributed by atoms with Crippen molar-refractivity contribution in [3.05, 3.63) is 106 Å². The highest BCUT2D eigenvalue weighted by Crippen LogP contribution is 2.43. The maximum Gasteiger partial charge on any atom is 0.490 e. The highest BCUT2D eigenvalue weighted by atomic mass is 35.5. The van der Waals surface area contributed by atoms with Gasteiger partial charge in [0.05, 0.1) is 12.1 Å². The summed E-state index contributed by atoms with van der Waals surface area (Å²) in [5.74, 6) is -2.12. The van der Waals surface area contributed by atoms with Gasteiger partial charge in [-0.2, -0.15) is 13.2 Å². The molecule has 9 heteroatoms. The predicted octanol–water partition coefficient (Wildman–Crippen LogP) is 5.46. The van der Waals surface area contributed by atoms with Crippen molar-refractivity contribution in [2.45, 2.75) is 49.5 Å². The summed E-state index contributed by atoms with van der Waals surface area (Å²) in [6.07, 6.45) is -2.59. The first-order chi connectivity index (χ1) is 17.6. The molecule has 0 saturated heterocycles. The van der Waals surface area contributed by atoms with Gasteiger partial charge in [0.2, 0.25) is 0 Å². The molecule has 3 aromatic rings. The minimum Gasteiger partial charge on any atom is -0.475 e. The van der Waals surface area contributed by atoms with Crippen molar-refractivity contribution in [3.8, 4) is 0 Å². The molecule has 0 heterocycles. The first-order valence-electron chi connectivity index (χ1n) is 11.9. The highest BCUT2D eigenvalue weighted by Gasteiger charge is 2.38. The van der Waals surface area contributed by atoms with Crippen LogP contribution in [0.15, 0.2) is 78.9 Å². The van der Waals surface area contributed by atoms with Crippen molar-refractivity contribution < 1.29 is 28.2 Å². The van der Waals surface area contributed by atoms with Gasteiger partial charge in [0.1, 0.15) is 0 Å². The quantitative estimate of drug-likeness (QED) is 0.292. The SMILES string of the molecule is N[C@@H](Cc1ccccc1)[C@@H](O)CNC(c1ccc(Cl)cc1)c1ccccc1C1CC1.O=C(O)C(F)(F)F. The Labute approximate surface area is 219 Å². The molecule has 1 fully saturated rings. The number of nitrogens with two attached hydrogens (primary N) is 1. The average molecular weight is 535 g/mol. The van der Waals surface area contributed by atoms with Crippen LogP contribution >= 0.6 is 11.6 Å². The zero-order valence-electron chi connectivity index (χ0n) is 20.0. The second kappa shape index (κ2) is 13.1. The average Bonchev–Trinajstić information content (AvgIpc) is 3.71. The number of aliphatic hydroxyl groups excluding tert-OH is 1. The van der Waals surface area contributed by atoms with Crippen LogP contribution in [-0.2, 0) is 11.2 Å². The van der Waals surface area contributed by atoms with E-state index in [1.54, 1.807) is 0 Å². The number of carboxylic acids is 1. The molecule has 1 saturated carbocycles. The summed E-state index contributed by atoms with van der Waals surface area (Å²) in [4.78, 5) is 8.90. The van der Waals surface area contributed by atoms with Gasteiger partial charge in [-0.1, -0.05) is 78.3 Å². The number of halogens is 4. The molecule has 37 heavy (non-hydrogen) atoms. The van der Waals surface area contributed by atoms with Crippen LogP contribution in [0.2, 0.25) is 5.02 Å². The molecular formula is C28H30ClF3N2O3. The molecule has 1 unspecified atom stereocenters. The molecular weight excluding hydrogens is 505 g/mol. The second-order valence-electron chi connectivity index (χ2n) is 9.02. The van der Waals surface area contributed by atoms with Gasteiger partial charge in [-0.3, -0.25) is 0 Å². The van der Waals surface area contributed by atoms with Gasteiger partial charge < -0.3 is 21.3 Å². The van der Waals surface area contributed by atoms with Gasteiger partial charge in [0.15, 0.2) is 0 Å². The Bertz CT molecular complexity index is 1140. The van der Waals surface area contributed by atoms with Crippen molar-refractivity contribution in [1.29, 1.82) is 0 Å². The van der Waals surface area contributed by atoms with Crippen molar-refractivity contribution >= 4 is 17.6 Å². The van der Waals surface area contributed by atoms with Crippen LogP contribution in [0.3, 0.4) is 0 Å². The molecule has 0 spiro atoms. The number of aliphatic hydroxyl groups is 1. The van der Waals surface area contributed by atoms with Gasteiger partial charge in [0, 0.05) is 17.6 Å².